The Morgan fingerprint density at radius 3 is 2.41 bits per heavy atom. The van der Waals surface area contributed by atoms with Crippen molar-refractivity contribution in [3.63, 3.8) is 0 Å². The van der Waals surface area contributed by atoms with Crippen LogP contribution < -0.4 is 19.1 Å². The van der Waals surface area contributed by atoms with Gasteiger partial charge in [-0.25, -0.2) is 0 Å². The molecule has 5 aromatic carbocycles. The molecule has 1 aliphatic heterocycles. The quantitative estimate of drug-likeness (QED) is 0.0438. The molecule has 7 rings (SSSR count). The molecule has 0 bridgehead atoms. The molecule has 51 heavy (non-hydrogen) atoms. The van der Waals surface area contributed by atoms with E-state index in [9.17, 15) is 14.7 Å². The molecule has 0 aliphatic carbocycles. The number of ketones is 1. The van der Waals surface area contributed by atoms with Gasteiger partial charge in [0.15, 0.2) is 15.8 Å². The molecule has 0 spiro atoms. The van der Waals surface area contributed by atoms with Gasteiger partial charge < -0.3 is 19.3 Å². The fraction of sp³-hybridized carbons (Fsp3) is 0.150. The first-order valence-electron chi connectivity index (χ1n) is 16.3. The van der Waals surface area contributed by atoms with Crippen LogP contribution in [0, 0.1) is 0 Å². The zero-order valence-electron chi connectivity index (χ0n) is 27.8. The summed E-state index contributed by atoms with van der Waals surface area (Å²) < 4.78 is 18.0. The average Bonchev–Trinajstić information content (AvgIpc) is 3.74. The van der Waals surface area contributed by atoms with Crippen molar-refractivity contribution in [3.8, 4) is 17.2 Å². The smallest absolute Gasteiger partial charge is 0.301 e. The number of rotatable bonds is 12. The number of hydrogen-bond acceptors (Lipinski definition) is 10. The number of Topliss-reactive ketones (excluding diaryl/α,β-unsaturated/α-hetero) is 1. The number of carbonyl (C=O) groups is 2. The molecule has 1 saturated heterocycles. The third kappa shape index (κ3) is 7.03. The molecule has 6 aromatic rings. The van der Waals surface area contributed by atoms with Crippen molar-refractivity contribution in [2.45, 2.75) is 29.7 Å². The number of aromatic nitrogens is 2. The second-order valence-corrected chi connectivity index (χ2v) is 13.8. The van der Waals surface area contributed by atoms with Gasteiger partial charge in [0.05, 0.1) is 25.3 Å². The monoisotopic (exact) mass is 715 g/mol. The minimum absolute atomic E-state index is 0.0780. The Balaban J connectivity index is 1.26. The highest BCUT2D eigenvalue weighted by Gasteiger charge is 2.48. The van der Waals surface area contributed by atoms with Crippen LogP contribution in [0.1, 0.15) is 35.2 Å². The number of hydrogen-bond donors (Lipinski definition) is 1. The summed E-state index contributed by atoms with van der Waals surface area (Å²) in [4.78, 5) is 29.1. The minimum Gasteiger partial charge on any atom is -0.507 e. The maximum atomic E-state index is 13.9. The molecule has 1 atom stereocenters. The van der Waals surface area contributed by atoms with Gasteiger partial charge in [-0.2, -0.15) is 0 Å². The normalized spacial score (nSPS) is 15.3. The third-order valence-corrected chi connectivity index (χ3v) is 10.6. The number of benzene rings is 5. The van der Waals surface area contributed by atoms with Crippen molar-refractivity contribution in [2.24, 2.45) is 0 Å². The van der Waals surface area contributed by atoms with Gasteiger partial charge in [-0.3, -0.25) is 14.5 Å². The number of thioether (sulfide) groups is 1. The van der Waals surface area contributed by atoms with E-state index in [1.165, 1.54) is 28.0 Å². The third-order valence-electron chi connectivity index (χ3n) is 8.46. The molecule has 11 heteroatoms. The number of amides is 1. The predicted molar refractivity (Wildman–Crippen MR) is 200 cm³/mol. The summed E-state index contributed by atoms with van der Waals surface area (Å²) in [6.07, 6.45) is 0. The van der Waals surface area contributed by atoms with E-state index in [2.05, 4.69) is 34.5 Å². The Kier molecular flexibility index (Phi) is 10.0. The van der Waals surface area contributed by atoms with Crippen LogP contribution in [-0.2, 0) is 21.9 Å². The van der Waals surface area contributed by atoms with E-state index in [1.54, 1.807) is 49.6 Å². The van der Waals surface area contributed by atoms with Gasteiger partial charge >= 0.3 is 5.91 Å². The Morgan fingerprint density at radius 1 is 0.863 bits per heavy atom. The molecule has 0 radical (unpaired) electrons. The van der Waals surface area contributed by atoms with Crippen LogP contribution in [-0.4, -0.2) is 40.7 Å². The maximum Gasteiger partial charge on any atom is 0.301 e. The minimum atomic E-state index is -1.03. The van der Waals surface area contributed by atoms with E-state index in [1.807, 2.05) is 55.5 Å². The van der Waals surface area contributed by atoms with Crippen molar-refractivity contribution in [1.29, 1.82) is 0 Å². The summed E-state index contributed by atoms with van der Waals surface area (Å²) in [7, 11) is 1.54. The molecule has 1 fully saturated rings. The lowest BCUT2D eigenvalue weighted by atomic mass is 9.95. The number of carbonyl (C=O) groups excluding carboxylic acids is 2. The Morgan fingerprint density at radius 2 is 1.63 bits per heavy atom. The fourth-order valence-corrected chi connectivity index (χ4v) is 7.85. The Labute approximate surface area is 303 Å². The summed E-state index contributed by atoms with van der Waals surface area (Å²) in [6, 6.07) is 35.0. The van der Waals surface area contributed by atoms with Gasteiger partial charge in [0.2, 0.25) is 5.13 Å². The maximum absolute atomic E-state index is 13.9. The summed E-state index contributed by atoms with van der Waals surface area (Å²) in [5.74, 6) is 0.177. The van der Waals surface area contributed by atoms with Gasteiger partial charge in [-0.15, -0.1) is 10.2 Å². The molecular weight excluding hydrogens is 683 g/mol. The van der Waals surface area contributed by atoms with E-state index in [4.69, 9.17) is 14.2 Å². The van der Waals surface area contributed by atoms with Crippen molar-refractivity contribution < 1.29 is 28.9 Å². The van der Waals surface area contributed by atoms with Crippen LogP contribution >= 0.6 is 23.1 Å². The number of anilines is 1. The Hall–Kier alpha value is -5.65. The zero-order valence-corrected chi connectivity index (χ0v) is 29.4. The highest BCUT2D eigenvalue weighted by Crippen LogP contribution is 2.46. The predicted octanol–water partition coefficient (Wildman–Crippen LogP) is 8.60. The molecule has 1 aliphatic rings. The van der Waals surface area contributed by atoms with Gasteiger partial charge in [-0.05, 0) is 70.8 Å². The number of fused-ring (bicyclic) bond motifs is 1. The fourth-order valence-electron chi connectivity index (χ4n) is 5.98. The highest BCUT2D eigenvalue weighted by molar-refractivity contribution is 8.00. The van der Waals surface area contributed by atoms with Gasteiger partial charge in [-0.1, -0.05) is 102 Å². The van der Waals surface area contributed by atoms with Gasteiger partial charge in [0.25, 0.3) is 5.78 Å². The van der Waals surface area contributed by atoms with E-state index in [0.29, 0.717) is 51.7 Å². The molecular formula is C40H33N3O6S2. The largest absolute Gasteiger partial charge is 0.507 e. The number of aliphatic hydroxyl groups is 1. The van der Waals surface area contributed by atoms with Crippen molar-refractivity contribution >= 4 is 56.5 Å². The van der Waals surface area contributed by atoms with Crippen molar-refractivity contribution in [2.75, 3.05) is 18.6 Å². The topological polar surface area (TPSA) is 111 Å². The molecule has 256 valence electrons. The first-order chi connectivity index (χ1) is 24.9. The van der Waals surface area contributed by atoms with Crippen LogP contribution in [0.3, 0.4) is 0 Å². The lowest BCUT2D eigenvalue weighted by Crippen LogP contribution is -2.29. The lowest BCUT2D eigenvalue weighted by Gasteiger charge is -2.23. The van der Waals surface area contributed by atoms with Crippen LogP contribution in [0.2, 0.25) is 0 Å². The molecule has 9 nitrogen and oxygen atoms in total. The van der Waals surface area contributed by atoms with E-state index in [-0.39, 0.29) is 16.5 Å². The second kappa shape index (κ2) is 15.1. The molecule has 0 saturated carbocycles. The molecule has 2 heterocycles. The van der Waals surface area contributed by atoms with Crippen LogP contribution in [0.4, 0.5) is 5.13 Å². The zero-order chi connectivity index (χ0) is 35.3. The lowest BCUT2D eigenvalue weighted by molar-refractivity contribution is -0.132. The van der Waals surface area contributed by atoms with E-state index >= 15 is 0 Å². The number of aliphatic hydroxyl groups excluding tert-OH is 1. The van der Waals surface area contributed by atoms with Crippen molar-refractivity contribution in [3.05, 3.63) is 143 Å². The van der Waals surface area contributed by atoms with E-state index in [0.717, 1.165) is 21.9 Å². The van der Waals surface area contributed by atoms with Crippen LogP contribution in [0.25, 0.3) is 16.5 Å². The standard InChI is InChI=1S/C40H33N3O6S2/c1-3-48-33-22-28(18-21-32(33)49-23-25-10-5-4-6-11-25)35-34(36(44)27-16-19-30(47-2)20-17-27)37(45)38(46)43(35)39-41-42-40(51-39)50-24-29-14-9-13-26-12-7-8-15-31(26)29/h4-22,35,44H,3,23-24H2,1-2H3/b36-34+. The van der Waals surface area contributed by atoms with Gasteiger partial charge in [0.1, 0.15) is 18.1 Å². The first-order valence-corrected chi connectivity index (χ1v) is 18.1. The second-order valence-electron chi connectivity index (χ2n) is 11.6. The molecule has 1 unspecified atom stereocenters. The van der Waals surface area contributed by atoms with E-state index < -0.39 is 17.7 Å². The van der Waals surface area contributed by atoms with Crippen LogP contribution in [0.5, 0.6) is 17.2 Å². The highest BCUT2D eigenvalue weighted by atomic mass is 32.2. The average molecular weight is 716 g/mol. The molecule has 1 N–H and O–H groups in total. The summed E-state index contributed by atoms with van der Waals surface area (Å²) in [5.41, 5.74) is 2.94. The number of methoxy groups -OCH3 is 1. The summed E-state index contributed by atoms with van der Waals surface area (Å²) in [5, 5.41) is 23.0. The van der Waals surface area contributed by atoms with Crippen LogP contribution in [0.15, 0.2) is 125 Å². The summed E-state index contributed by atoms with van der Waals surface area (Å²) in [6.45, 7) is 2.53. The van der Waals surface area contributed by atoms with Crippen molar-refractivity contribution in [1.82, 2.24) is 10.2 Å². The SMILES string of the molecule is CCOc1cc(C2/C(=C(\O)c3ccc(OC)cc3)C(=O)C(=O)N2c2nnc(SCc3cccc4ccccc34)s2)ccc1OCc1ccccc1. The summed E-state index contributed by atoms with van der Waals surface area (Å²) >= 11 is 2.72. The number of nitrogens with zero attached hydrogens (tertiary/aromatic N) is 3. The Bertz CT molecular complexity index is 2230. The van der Waals surface area contributed by atoms with Gasteiger partial charge in [0, 0.05) is 11.3 Å². The number of ether oxygens (including phenoxy) is 3. The molecule has 1 amide bonds. The first kappa shape index (κ1) is 33.8. The molecule has 1 aromatic heterocycles.